The summed E-state index contributed by atoms with van der Waals surface area (Å²) in [6.07, 6.45) is 0. The number of esters is 1. The molecule has 0 radical (unpaired) electrons. The molecule has 8 heteroatoms. The predicted octanol–water partition coefficient (Wildman–Crippen LogP) is 1.40. The summed E-state index contributed by atoms with van der Waals surface area (Å²) in [4.78, 5) is 25.3. The molecule has 2 N–H and O–H groups in total. The first-order valence-corrected chi connectivity index (χ1v) is 8.40. The first-order chi connectivity index (χ1) is 11.1. The lowest BCUT2D eigenvalue weighted by atomic mass is 10.1. The minimum absolute atomic E-state index is 0.0745. The number of hydrogen-bond donors (Lipinski definition) is 1. The maximum absolute atomic E-state index is 12.2. The van der Waals surface area contributed by atoms with Gasteiger partial charge in [0.15, 0.2) is 6.79 Å². The number of thioether (sulfide) groups is 1. The standard InChI is InChI=1S/C15H15ClN2O4S/c16-10-7-23-14-11(17)13(19)18(14)12(10)15(20)22-8-21-6-9-4-2-1-3-5-9/h1-5,11,14H,6-8,17H2. The molecule has 0 bridgehead atoms. The van der Waals surface area contributed by atoms with Crippen LogP contribution in [0.1, 0.15) is 5.56 Å². The minimum Gasteiger partial charge on any atom is -0.434 e. The Morgan fingerprint density at radius 3 is 2.87 bits per heavy atom. The van der Waals surface area contributed by atoms with Crippen LogP contribution < -0.4 is 5.73 Å². The first-order valence-electron chi connectivity index (χ1n) is 6.97. The van der Waals surface area contributed by atoms with Gasteiger partial charge < -0.3 is 15.2 Å². The number of halogens is 1. The van der Waals surface area contributed by atoms with Crippen molar-refractivity contribution in [3.8, 4) is 0 Å². The van der Waals surface area contributed by atoms with Gasteiger partial charge in [-0.05, 0) is 5.56 Å². The van der Waals surface area contributed by atoms with Crippen LogP contribution in [-0.2, 0) is 25.7 Å². The Morgan fingerprint density at radius 1 is 1.39 bits per heavy atom. The van der Waals surface area contributed by atoms with Crippen LogP contribution in [0.5, 0.6) is 0 Å². The molecular formula is C15H15ClN2O4S. The third-order valence-electron chi connectivity index (χ3n) is 3.54. The second-order valence-electron chi connectivity index (χ2n) is 5.07. The molecule has 1 saturated heterocycles. The zero-order valence-corrected chi connectivity index (χ0v) is 13.7. The van der Waals surface area contributed by atoms with Crippen molar-refractivity contribution in [2.75, 3.05) is 12.5 Å². The summed E-state index contributed by atoms with van der Waals surface area (Å²) in [5.74, 6) is -0.565. The molecule has 2 aliphatic heterocycles. The summed E-state index contributed by atoms with van der Waals surface area (Å²) >= 11 is 7.51. The molecule has 6 nitrogen and oxygen atoms in total. The highest BCUT2D eigenvalue weighted by molar-refractivity contribution is 8.00. The van der Waals surface area contributed by atoms with E-state index >= 15 is 0 Å². The average Bonchev–Trinajstić information content (AvgIpc) is 2.58. The van der Waals surface area contributed by atoms with E-state index in [2.05, 4.69) is 0 Å². The molecule has 2 unspecified atom stereocenters. The number of nitrogens with two attached hydrogens (primary N) is 1. The number of rotatable bonds is 5. The fraction of sp³-hybridized carbons (Fsp3) is 0.333. The van der Waals surface area contributed by atoms with Crippen molar-refractivity contribution in [1.29, 1.82) is 0 Å². The molecule has 0 aliphatic carbocycles. The van der Waals surface area contributed by atoms with Crippen molar-refractivity contribution in [3.05, 3.63) is 46.6 Å². The number of benzene rings is 1. The molecular weight excluding hydrogens is 340 g/mol. The minimum atomic E-state index is -0.673. The summed E-state index contributed by atoms with van der Waals surface area (Å²) in [7, 11) is 0. The molecule has 23 heavy (non-hydrogen) atoms. The maximum Gasteiger partial charge on any atom is 0.358 e. The number of carbonyl (C=O) groups excluding carboxylic acids is 2. The molecule has 1 amide bonds. The monoisotopic (exact) mass is 354 g/mol. The summed E-state index contributed by atoms with van der Waals surface area (Å²) in [5.41, 5.74) is 6.76. The van der Waals surface area contributed by atoms with Crippen LogP contribution in [0.4, 0.5) is 0 Å². The van der Waals surface area contributed by atoms with Crippen molar-refractivity contribution in [2.24, 2.45) is 5.73 Å². The Hall–Kier alpha value is -1.54. The molecule has 2 atom stereocenters. The van der Waals surface area contributed by atoms with Gasteiger partial charge in [0.25, 0.3) is 0 Å². The Bertz CT molecular complexity index is 652. The van der Waals surface area contributed by atoms with Crippen LogP contribution in [0.3, 0.4) is 0 Å². The van der Waals surface area contributed by atoms with E-state index < -0.39 is 12.0 Å². The van der Waals surface area contributed by atoms with E-state index in [0.29, 0.717) is 17.4 Å². The number of nitrogens with zero attached hydrogens (tertiary/aromatic N) is 1. The molecule has 0 spiro atoms. The first kappa shape index (κ1) is 16.3. The van der Waals surface area contributed by atoms with Crippen molar-refractivity contribution in [2.45, 2.75) is 18.0 Å². The Morgan fingerprint density at radius 2 is 2.13 bits per heavy atom. The zero-order chi connectivity index (χ0) is 16.4. The van der Waals surface area contributed by atoms with Gasteiger partial charge in [-0.1, -0.05) is 41.9 Å². The summed E-state index contributed by atoms with van der Waals surface area (Å²) in [6.45, 7) is 0.111. The van der Waals surface area contributed by atoms with E-state index in [1.165, 1.54) is 16.7 Å². The van der Waals surface area contributed by atoms with Crippen molar-refractivity contribution in [1.82, 2.24) is 4.90 Å². The highest BCUT2D eigenvalue weighted by atomic mass is 35.5. The fourth-order valence-electron chi connectivity index (χ4n) is 2.37. The molecule has 1 aromatic carbocycles. The lowest BCUT2D eigenvalue weighted by Gasteiger charge is -2.47. The Balaban J connectivity index is 1.54. The SMILES string of the molecule is NC1C(=O)N2C(C(=O)OCOCc3ccccc3)=C(Cl)CSC12. The van der Waals surface area contributed by atoms with Gasteiger partial charge in [0, 0.05) is 5.75 Å². The van der Waals surface area contributed by atoms with E-state index in [4.69, 9.17) is 26.8 Å². The normalized spacial score (nSPS) is 23.4. The van der Waals surface area contributed by atoms with Crippen LogP contribution in [-0.4, -0.2) is 40.7 Å². The smallest absolute Gasteiger partial charge is 0.358 e. The lowest BCUT2D eigenvalue weighted by Crippen LogP contribution is -2.68. The molecule has 1 fully saturated rings. The molecule has 122 valence electrons. The lowest BCUT2D eigenvalue weighted by molar-refractivity contribution is -0.159. The summed E-state index contributed by atoms with van der Waals surface area (Å²) in [5, 5.41) is 0.0392. The van der Waals surface area contributed by atoms with Crippen LogP contribution in [0, 0.1) is 0 Å². The molecule has 2 aliphatic rings. The van der Waals surface area contributed by atoms with E-state index in [0.717, 1.165) is 5.56 Å². The second-order valence-corrected chi connectivity index (χ2v) is 6.63. The third-order valence-corrected chi connectivity index (χ3v) is 5.31. The molecule has 0 saturated carbocycles. The molecule has 0 aromatic heterocycles. The number of ether oxygens (including phenoxy) is 2. The predicted molar refractivity (Wildman–Crippen MR) is 86.1 cm³/mol. The van der Waals surface area contributed by atoms with E-state index in [-0.39, 0.29) is 23.8 Å². The second kappa shape index (κ2) is 6.92. The van der Waals surface area contributed by atoms with Gasteiger partial charge in [-0.2, -0.15) is 0 Å². The molecule has 3 rings (SSSR count). The Labute approximate surface area is 142 Å². The quantitative estimate of drug-likeness (QED) is 0.372. The van der Waals surface area contributed by atoms with Gasteiger partial charge in [-0.25, -0.2) is 4.79 Å². The fourth-order valence-corrected chi connectivity index (χ4v) is 3.86. The van der Waals surface area contributed by atoms with Gasteiger partial charge in [0.1, 0.15) is 17.1 Å². The van der Waals surface area contributed by atoms with Gasteiger partial charge >= 0.3 is 5.97 Å². The van der Waals surface area contributed by atoms with Crippen LogP contribution in [0.2, 0.25) is 0 Å². The average molecular weight is 355 g/mol. The summed E-state index contributed by atoms with van der Waals surface area (Å²) < 4.78 is 10.4. The van der Waals surface area contributed by atoms with Gasteiger partial charge in [-0.15, -0.1) is 11.8 Å². The maximum atomic E-state index is 12.2. The van der Waals surface area contributed by atoms with Crippen LogP contribution in [0.25, 0.3) is 0 Å². The zero-order valence-electron chi connectivity index (χ0n) is 12.1. The number of β-lactam (4-membered cyclic amide) rings is 1. The van der Waals surface area contributed by atoms with E-state index in [1.807, 2.05) is 30.3 Å². The number of fused-ring (bicyclic) bond motifs is 1. The van der Waals surface area contributed by atoms with Crippen molar-refractivity contribution in [3.63, 3.8) is 0 Å². The van der Waals surface area contributed by atoms with Crippen LogP contribution >= 0.6 is 23.4 Å². The number of hydrogen-bond acceptors (Lipinski definition) is 6. The third kappa shape index (κ3) is 3.23. The van der Waals surface area contributed by atoms with Crippen molar-refractivity contribution >= 4 is 35.2 Å². The number of carbonyl (C=O) groups is 2. The van der Waals surface area contributed by atoms with Crippen LogP contribution in [0.15, 0.2) is 41.1 Å². The largest absolute Gasteiger partial charge is 0.434 e. The number of amides is 1. The van der Waals surface area contributed by atoms with E-state index in [1.54, 1.807) is 0 Å². The molecule has 2 heterocycles. The van der Waals surface area contributed by atoms with Gasteiger partial charge in [0.2, 0.25) is 5.91 Å². The Kier molecular flexibility index (Phi) is 4.91. The van der Waals surface area contributed by atoms with Crippen molar-refractivity contribution < 1.29 is 19.1 Å². The topological polar surface area (TPSA) is 81.9 Å². The molecule has 1 aromatic rings. The highest BCUT2D eigenvalue weighted by Gasteiger charge is 2.52. The van der Waals surface area contributed by atoms with Gasteiger partial charge in [-0.3, -0.25) is 9.69 Å². The van der Waals surface area contributed by atoms with E-state index in [9.17, 15) is 9.59 Å². The van der Waals surface area contributed by atoms with Gasteiger partial charge in [0.05, 0.1) is 11.6 Å². The highest BCUT2D eigenvalue weighted by Crippen LogP contribution is 2.40. The summed E-state index contributed by atoms with van der Waals surface area (Å²) in [6, 6.07) is 8.92.